The zero-order valence-electron chi connectivity index (χ0n) is 18.0. The summed E-state index contributed by atoms with van der Waals surface area (Å²) in [4.78, 5) is 0. The molecule has 1 unspecified atom stereocenters. The van der Waals surface area contributed by atoms with Crippen LogP contribution < -0.4 is 0 Å². The topological polar surface area (TPSA) is 0 Å². The van der Waals surface area contributed by atoms with Gasteiger partial charge >= 0.3 is 0 Å². The van der Waals surface area contributed by atoms with E-state index in [0.717, 1.165) is 42.5 Å². The Morgan fingerprint density at radius 2 is 1.44 bits per heavy atom. The van der Waals surface area contributed by atoms with Crippen molar-refractivity contribution in [2.75, 3.05) is 0 Å². The number of benzene rings is 3. The van der Waals surface area contributed by atoms with Gasteiger partial charge in [0.25, 0.3) is 0 Å². The van der Waals surface area contributed by atoms with E-state index in [9.17, 15) is 22.0 Å². The van der Waals surface area contributed by atoms with E-state index in [1.54, 1.807) is 6.07 Å². The van der Waals surface area contributed by atoms with Crippen molar-refractivity contribution >= 4 is 0 Å². The van der Waals surface area contributed by atoms with Gasteiger partial charge in [0.2, 0.25) is 0 Å². The van der Waals surface area contributed by atoms with Crippen molar-refractivity contribution in [2.24, 2.45) is 0 Å². The number of hydrogen-bond donors (Lipinski definition) is 0. The minimum absolute atomic E-state index is 0.140. The van der Waals surface area contributed by atoms with Crippen molar-refractivity contribution in [3.63, 3.8) is 0 Å². The molecule has 0 saturated heterocycles. The van der Waals surface area contributed by atoms with Gasteiger partial charge in [0.15, 0.2) is 17.5 Å². The molecule has 0 bridgehead atoms. The van der Waals surface area contributed by atoms with E-state index in [1.165, 1.54) is 12.1 Å². The maximum Gasteiger partial charge on any atom is 0.194 e. The van der Waals surface area contributed by atoms with Crippen LogP contribution in [-0.4, -0.2) is 0 Å². The number of fused-ring (bicyclic) bond motifs is 1. The van der Waals surface area contributed by atoms with Crippen molar-refractivity contribution in [1.82, 2.24) is 0 Å². The van der Waals surface area contributed by atoms with Gasteiger partial charge in [-0.2, -0.15) is 0 Å². The molecule has 0 nitrogen and oxygen atoms in total. The molecule has 3 aromatic rings. The van der Waals surface area contributed by atoms with Gasteiger partial charge in [0.05, 0.1) is 0 Å². The summed E-state index contributed by atoms with van der Waals surface area (Å²) in [5, 5.41) is 0. The third-order valence-electron chi connectivity index (χ3n) is 6.37. The Bertz CT molecular complexity index is 1090. The quantitative estimate of drug-likeness (QED) is 0.205. The number of rotatable bonds is 6. The van der Waals surface area contributed by atoms with Crippen LogP contribution in [0.4, 0.5) is 22.0 Å². The Kier molecular flexibility index (Phi) is 6.63. The highest BCUT2D eigenvalue weighted by molar-refractivity contribution is 5.65. The summed E-state index contributed by atoms with van der Waals surface area (Å²) in [6.45, 7) is 2.09. The number of aryl methyl sites for hydroxylation is 2. The summed E-state index contributed by atoms with van der Waals surface area (Å²) in [6.07, 6.45) is 5.33. The molecule has 1 aliphatic carbocycles. The fraction of sp³-hybridized carbons (Fsp3) is 0.333. The molecule has 0 heterocycles. The Morgan fingerprint density at radius 3 is 2.09 bits per heavy atom. The van der Waals surface area contributed by atoms with Crippen molar-refractivity contribution in [1.29, 1.82) is 0 Å². The van der Waals surface area contributed by atoms with Crippen molar-refractivity contribution < 1.29 is 22.0 Å². The van der Waals surface area contributed by atoms with Crippen LogP contribution >= 0.6 is 0 Å². The lowest BCUT2D eigenvalue weighted by molar-refractivity contribution is 0.447. The predicted octanol–water partition coefficient (Wildman–Crippen LogP) is 8.05. The smallest absolute Gasteiger partial charge is 0.194 e. The van der Waals surface area contributed by atoms with E-state index in [4.69, 9.17) is 0 Å². The average molecular weight is 444 g/mol. The Morgan fingerprint density at radius 1 is 0.750 bits per heavy atom. The van der Waals surface area contributed by atoms with Gasteiger partial charge in [0, 0.05) is 5.56 Å². The summed E-state index contributed by atoms with van der Waals surface area (Å²) in [5.74, 6) is -5.20. The second-order valence-electron chi connectivity index (χ2n) is 8.61. The van der Waals surface area contributed by atoms with Crippen LogP contribution in [0.1, 0.15) is 60.8 Å². The van der Waals surface area contributed by atoms with Crippen LogP contribution in [0.5, 0.6) is 0 Å². The SMILES string of the molecule is CCCCCc1cc(F)c(C2CCc3cc(-c4cc(F)c(F)c(F)c4)ccc3C2)c(F)c1. The van der Waals surface area contributed by atoms with Gasteiger partial charge in [-0.1, -0.05) is 38.0 Å². The molecule has 3 aromatic carbocycles. The largest absolute Gasteiger partial charge is 0.207 e. The van der Waals surface area contributed by atoms with E-state index < -0.39 is 29.1 Å². The van der Waals surface area contributed by atoms with Crippen LogP contribution in [-0.2, 0) is 19.3 Å². The zero-order chi connectivity index (χ0) is 22.8. The Labute approximate surface area is 185 Å². The molecule has 4 rings (SSSR count). The van der Waals surface area contributed by atoms with E-state index in [0.29, 0.717) is 36.8 Å². The van der Waals surface area contributed by atoms with Crippen LogP contribution in [0.2, 0.25) is 0 Å². The highest BCUT2D eigenvalue weighted by Gasteiger charge is 2.26. The first kappa shape index (κ1) is 22.5. The third kappa shape index (κ3) is 4.57. The van der Waals surface area contributed by atoms with Crippen LogP contribution in [0.15, 0.2) is 42.5 Å². The second kappa shape index (κ2) is 9.43. The lowest BCUT2D eigenvalue weighted by atomic mass is 9.78. The number of hydrogen-bond acceptors (Lipinski definition) is 0. The second-order valence-corrected chi connectivity index (χ2v) is 8.61. The van der Waals surface area contributed by atoms with Gasteiger partial charge in [-0.15, -0.1) is 0 Å². The standard InChI is InChI=1S/C27H25F5/c1-2-3-4-5-16-10-22(28)26(23(29)11-16)20-9-8-17-12-19(7-6-18(17)13-20)21-14-24(30)27(32)25(31)15-21/h6-7,10-12,14-15,20H,2-5,8-9,13H2,1H3. The van der Waals surface area contributed by atoms with Crippen LogP contribution in [0.3, 0.4) is 0 Å². The van der Waals surface area contributed by atoms with Gasteiger partial charge in [0.1, 0.15) is 11.6 Å². The van der Waals surface area contributed by atoms with Crippen LogP contribution in [0.25, 0.3) is 11.1 Å². The van der Waals surface area contributed by atoms with Crippen molar-refractivity contribution in [3.05, 3.63) is 93.8 Å². The van der Waals surface area contributed by atoms with Gasteiger partial charge in [-0.3, -0.25) is 0 Å². The molecule has 32 heavy (non-hydrogen) atoms. The average Bonchev–Trinajstić information content (AvgIpc) is 2.76. The molecule has 0 spiro atoms. The summed E-state index contributed by atoms with van der Waals surface area (Å²) in [7, 11) is 0. The molecular weight excluding hydrogens is 419 g/mol. The molecule has 0 aliphatic heterocycles. The van der Waals surface area contributed by atoms with E-state index in [1.807, 2.05) is 12.1 Å². The van der Waals surface area contributed by atoms with E-state index in [2.05, 4.69) is 6.92 Å². The minimum Gasteiger partial charge on any atom is -0.207 e. The predicted molar refractivity (Wildman–Crippen MR) is 116 cm³/mol. The lowest BCUT2D eigenvalue weighted by Gasteiger charge is -2.26. The summed E-state index contributed by atoms with van der Waals surface area (Å²) >= 11 is 0. The van der Waals surface area contributed by atoms with Crippen molar-refractivity contribution in [3.8, 4) is 11.1 Å². The number of halogens is 5. The monoisotopic (exact) mass is 444 g/mol. The minimum atomic E-state index is -1.49. The van der Waals surface area contributed by atoms with Gasteiger partial charge < -0.3 is 0 Å². The number of unbranched alkanes of at least 4 members (excludes halogenated alkanes) is 2. The lowest BCUT2D eigenvalue weighted by Crippen LogP contribution is -2.16. The fourth-order valence-electron chi connectivity index (χ4n) is 4.65. The Hall–Kier alpha value is -2.69. The fourth-order valence-corrected chi connectivity index (χ4v) is 4.65. The zero-order valence-corrected chi connectivity index (χ0v) is 18.0. The normalized spacial score (nSPS) is 15.6. The highest BCUT2D eigenvalue weighted by Crippen LogP contribution is 2.37. The first-order chi connectivity index (χ1) is 15.4. The molecular formula is C27H25F5. The third-order valence-corrected chi connectivity index (χ3v) is 6.37. The molecule has 0 aromatic heterocycles. The van der Waals surface area contributed by atoms with Crippen LogP contribution in [0, 0.1) is 29.1 Å². The van der Waals surface area contributed by atoms with Gasteiger partial charge in [-0.25, -0.2) is 22.0 Å². The molecule has 1 atom stereocenters. The molecule has 0 saturated carbocycles. The molecule has 168 valence electrons. The molecule has 1 aliphatic rings. The Balaban J connectivity index is 1.56. The molecule has 0 radical (unpaired) electrons. The summed E-state index contributed by atoms with van der Waals surface area (Å²) in [6, 6.07) is 10.2. The first-order valence-corrected chi connectivity index (χ1v) is 11.1. The van der Waals surface area contributed by atoms with Gasteiger partial charge in [-0.05, 0) is 90.1 Å². The van der Waals surface area contributed by atoms with E-state index in [-0.39, 0.29) is 17.0 Å². The highest BCUT2D eigenvalue weighted by atomic mass is 19.2. The maximum absolute atomic E-state index is 14.8. The first-order valence-electron chi connectivity index (χ1n) is 11.1. The maximum atomic E-state index is 14.8. The van der Waals surface area contributed by atoms with Crippen molar-refractivity contribution in [2.45, 2.75) is 57.8 Å². The summed E-state index contributed by atoms with van der Waals surface area (Å²) < 4.78 is 70.1. The summed E-state index contributed by atoms with van der Waals surface area (Å²) in [5.41, 5.74) is 3.59. The molecule has 0 amide bonds. The molecule has 0 N–H and O–H groups in total. The van der Waals surface area contributed by atoms with E-state index >= 15 is 0 Å². The molecule has 0 fully saturated rings. The molecule has 5 heteroatoms.